The Morgan fingerprint density at radius 3 is 2.12 bits per heavy atom. The lowest BCUT2D eigenvalue weighted by atomic mass is 10.0. The Balaban J connectivity index is 0.00000936. The molecular formula is C37H54N8O7. The van der Waals surface area contributed by atoms with Crippen LogP contribution in [0.2, 0.25) is 0 Å². The Morgan fingerprint density at radius 2 is 1.46 bits per heavy atom. The monoisotopic (exact) mass is 722 g/mol. The van der Waals surface area contributed by atoms with Gasteiger partial charge in [-0.2, -0.15) is 0 Å². The largest absolute Gasteiger partial charge is 0.445 e. The molecule has 0 unspecified atom stereocenters. The molecule has 0 saturated carbocycles. The Morgan fingerprint density at radius 1 is 0.827 bits per heavy atom. The van der Waals surface area contributed by atoms with E-state index in [1.165, 1.54) is 12.1 Å². The number of amides is 4. The standard InChI is InChI=1S/C36H50N8O7.CH4/c1-3-4-13-29(44-36(49)50-22-24-11-6-5-7-12-24)34(48)42-27(14-8-9-18-37)33(47)43-28(15-10-19-40-35(38)39)32(46)41-25-16-17-26-23(2)20-31(45)51-30(26)21-25;/h5-7,11-12,16-17,20-21,27-29H,3-4,8-10,13-15,18-19,22,37H2,1-2H3,(H,41,46)(H,42,48)(H,43,47)(H,44,49)(H4,38,39,40);1H4/t27-,28-,29-;/m0./s1. The quantitative estimate of drug-likeness (QED) is 0.0388. The fraction of sp³-hybridized carbons (Fsp3) is 0.459. The van der Waals surface area contributed by atoms with Crippen molar-refractivity contribution in [2.75, 3.05) is 18.4 Å². The summed E-state index contributed by atoms with van der Waals surface area (Å²) in [5, 5.41) is 11.7. The molecule has 10 N–H and O–H groups in total. The SMILES string of the molecule is C.CCCC[C@H](NC(=O)OCc1ccccc1)C(=O)N[C@@H](CCCCN)C(=O)N[C@@H](CCCN=C(N)N)C(=O)Nc1ccc2c(C)cc(=O)oc2c1. The molecule has 15 nitrogen and oxygen atoms in total. The van der Waals surface area contributed by atoms with E-state index in [0.29, 0.717) is 55.3 Å². The normalized spacial score (nSPS) is 12.4. The van der Waals surface area contributed by atoms with Crippen LogP contribution in [-0.4, -0.2) is 61.0 Å². The van der Waals surface area contributed by atoms with Crippen molar-refractivity contribution in [3.8, 4) is 0 Å². The molecule has 0 aliphatic carbocycles. The number of hydrogen-bond donors (Lipinski definition) is 7. The summed E-state index contributed by atoms with van der Waals surface area (Å²) in [6.45, 7) is 4.36. The molecule has 1 aromatic heterocycles. The smallest absolute Gasteiger partial charge is 0.408 e. The van der Waals surface area contributed by atoms with Gasteiger partial charge in [0.25, 0.3) is 0 Å². The lowest BCUT2D eigenvalue weighted by Gasteiger charge is -2.25. The average Bonchev–Trinajstić information content (AvgIpc) is 3.09. The second-order valence-corrected chi connectivity index (χ2v) is 12.2. The molecule has 2 aromatic carbocycles. The molecular weight excluding hydrogens is 668 g/mol. The van der Waals surface area contributed by atoms with E-state index in [9.17, 15) is 24.0 Å². The van der Waals surface area contributed by atoms with Gasteiger partial charge in [-0.05, 0) is 75.3 Å². The molecule has 4 amide bonds. The number of hydrogen-bond acceptors (Lipinski definition) is 9. The summed E-state index contributed by atoms with van der Waals surface area (Å²) >= 11 is 0. The van der Waals surface area contributed by atoms with Gasteiger partial charge < -0.3 is 47.6 Å². The molecule has 3 atom stereocenters. The molecule has 3 aromatic rings. The summed E-state index contributed by atoms with van der Waals surface area (Å²) in [7, 11) is 0. The van der Waals surface area contributed by atoms with Gasteiger partial charge >= 0.3 is 11.7 Å². The first kappa shape index (κ1) is 42.7. The molecule has 284 valence electrons. The van der Waals surface area contributed by atoms with E-state index in [-0.39, 0.29) is 39.4 Å². The summed E-state index contributed by atoms with van der Waals surface area (Å²) in [5.74, 6) is -1.80. The lowest BCUT2D eigenvalue weighted by Crippen LogP contribution is -2.56. The minimum absolute atomic E-state index is 0. The topological polar surface area (TPSA) is 246 Å². The van der Waals surface area contributed by atoms with E-state index >= 15 is 0 Å². The molecule has 15 heteroatoms. The van der Waals surface area contributed by atoms with Gasteiger partial charge in [0.15, 0.2) is 5.96 Å². The molecule has 0 aliphatic heterocycles. The van der Waals surface area contributed by atoms with Gasteiger partial charge in [-0.15, -0.1) is 0 Å². The molecule has 52 heavy (non-hydrogen) atoms. The Bertz CT molecular complexity index is 1690. The van der Waals surface area contributed by atoms with E-state index in [1.807, 2.05) is 37.3 Å². The van der Waals surface area contributed by atoms with Gasteiger partial charge in [0.1, 0.15) is 30.3 Å². The third-order valence-electron chi connectivity index (χ3n) is 8.04. The van der Waals surface area contributed by atoms with Crippen molar-refractivity contribution in [1.82, 2.24) is 16.0 Å². The van der Waals surface area contributed by atoms with Crippen LogP contribution in [0.4, 0.5) is 10.5 Å². The van der Waals surface area contributed by atoms with Gasteiger partial charge in [0.2, 0.25) is 17.7 Å². The predicted octanol–water partition coefficient (Wildman–Crippen LogP) is 3.31. The summed E-state index contributed by atoms with van der Waals surface area (Å²) in [5.41, 5.74) is 18.2. The molecule has 0 saturated heterocycles. The summed E-state index contributed by atoms with van der Waals surface area (Å²) in [6, 6.07) is 12.4. The summed E-state index contributed by atoms with van der Waals surface area (Å²) < 4.78 is 10.6. The van der Waals surface area contributed by atoms with Crippen LogP contribution in [-0.2, 0) is 25.7 Å². The van der Waals surface area contributed by atoms with E-state index < -0.39 is 47.6 Å². The maximum atomic E-state index is 13.8. The van der Waals surface area contributed by atoms with Crippen LogP contribution >= 0.6 is 0 Å². The van der Waals surface area contributed by atoms with E-state index in [4.69, 9.17) is 26.4 Å². The van der Waals surface area contributed by atoms with E-state index in [0.717, 1.165) is 17.5 Å². The molecule has 0 spiro atoms. The van der Waals surface area contributed by atoms with Gasteiger partial charge in [-0.3, -0.25) is 19.4 Å². The highest BCUT2D eigenvalue weighted by Crippen LogP contribution is 2.21. The number of benzene rings is 2. The Kier molecular flexibility index (Phi) is 18.4. The molecule has 1 heterocycles. The Labute approximate surface area is 304 Å². The number of carbonyl (C=O) groups excluding carboxylic acids is 4. The molecule has 0 bridgehead atoms. The number of nitrogens with one attached hydrogen (secondary N) is 4. The number of nitrogens with zero attached hydrogens (tertiary/aromatic N) is 1. The maximum Gasteiger partial charge on any atom is 0.408 e. The predicted molar refractivity (Wildman–Crippen MR) is 202 cm³/mol. The number of carbonyl (C=O) groups is 4. The lowest BCUT2D eigenvalue weighted by molar-refractivity contribution is -0.132. The van der Waals surface area contributed by atoms with Crippen molar-refractivity contribution < 1.29 is 28.3 Å². The van der Waals surface area contributed by atoms with Crippen LogP contribution in [0.5, 0.6) is 0 Å². The van der Waals surface area contributed by atoms with Crippen LogP contribution in [0.1, 0.15) is 76.8 Å². The highest BCUT2D eigenvalue weighted by Gasteiger charge is 2.30. The second-order valence-electron chi connectivity index (χ2n) is 12.2. The fourth-order valence-electron chi connectivity index (χ4n) is 5.29. The fourth-order valence-corrected chi connectivity index (χ4v) is 5.29. The first-order chi connectivity index (χ1) is 24.5. The number of nitrogens with two attached hydrogens (primary N) is 3. The molecule has 0 radical (unpaired) electrons. The number of fused-ring (bicyclic) bond motifs is 1. The molecule has 0 aliphatic rings. The first-order valence-electron chi connectivity index (χ1n) is 17.2. The number of guanidine groups is 1. The van der Waals surface area contributed by atoms with E-state index in [2.05, 4.69) is 26.3 Å². The van der Waals surface area contributed by atoms with Crippen LogP contribution in [0.25, 0.3) is 11.0 Å². The number of anilines is 1. The zero-order valence-electron chi connectivity index (χ0n) is 29.2. The number of unbranched alkanes of at least 4 members (excludes halogenated alkanes) is 2. The molecule has 3 rings (SSSR count). The van der Waals surface area contributed by atoms with Crippen molar-refractivity contribution in [3.05, 3.63) is 76.1 Å². The third kappa shape index (κ3) is 14.4. The number of ether oxygens (including phenoxy) is 1. The number of alkyl carbamates (subject to hydrolysis) is 1. The zero-order valence-corrected chi connectivity index (χ0v) is 29.2. The summed E-state index contributed by atoms with van der Waals surface area (Å²) in [4.78, 5) is 69.5. The van der Waals surface area contributed by atoms with Crippen LogP contribution in [0, 0.1) is 6.92 Å². The number of aryl methyl sites for hydroxylation is 1. The van der Waals surface area contributed by atoms with Crippen LogP contribution < -0.4 is 44.1 Å². The molecule has 0 fully saturated rings. The average molecular weight is 723 g/mol. The van der Waals surface area contributed by atoms with Crippen molar-refractivity contribution in [2.45, 2.75) is 97.4 Å². The summed E-state index contributed by atoms with van der Waals surface area (Å²) in [6.07, 6.45) is 2.82. The number of aliphatic imine (C=N–C) groups is 1. The Hall–Kier alpha value is -5.44. The minimum atomic E-state index is -1.05. The van der Waals surface area contributed by atoms with Crippen molar-refractivity contribution >= 4 is 46.4 Å². The highest BCUT2D eigenvalue weighted by molar-refractivity contribution is 6.00. The van der Waals surface area contributed by atoms with Gasteiger partial charge in [-0.1, -0.05) is 57.5 Å². The van der Waals surface area contributed by atoms with Crippen molar-refractivity contribution in [2.24, 2.45) is 22.2 Å². The van der Waals surface area contributed by atoms with Crippen LogP contribution in [0.3, 0.4) is 0 Å². The second kappa shape index (κ2) is 22.4. The van der Waals surface area contributed by atoms with Crippen molar-refractivity contribution in [1.29, 1.82) is 0 Å². The van der Waals surface area contributed by atoms with Crippen LogP contribution in [0.15, 0.2) is 68.8 Å². The van der Waals surface area contributed by atoms with Gasteiger partial charge in [-0.25, -0.2) is 9.59 Å². The zero-order chi connectivity index (χ0) is 37.2. The van der Waals surface area contributed by atoms with Gasteiger partial charge in [0.05, 0.1) is 0 Å². The maximum absolute atomic E-state index is 13.8. The third-order valence-corrected chi connectivity index (χ3v) is 8.04. The minimum Gasteiger partial charge on any atom is -0.445 e. The van der Waals surface area contributed by atoms with Gasteiger partial charge in [0, 0.05) is 29.8 Å². The number of rotatable bonds is 20. The van der Waals surface area contributed by atoms with Crippen molar-refractivity contribution in [3.63, 3.8) is 0 Å². The van der Waals surface area contributed by atoms with E-state index in [1.54, 1.807) is 19.1 Å². The first-order valence-corrected chi connectivity index (χ1v) is 17.2. The highest BCUT2D eigenvalue weighted by atomic mass is 16.5.